The summed E-state index contributed by atoms with van der Waals surface area (Å²) < 4.78 is 46.9. The predicted octanol–water partition coefficient (Wildman–Crippen LogP) is 21.2. The Balaban J connectivity index is 1.11. The molecule has 0 radical (unpaired) electrons. The summed E-state index contributed by atoms with van der Waals surface area (Å²) >= 11 is 1.89. The van der Waals surface area contributed by atoms with Crippen molar-refractivity contribution in [3.05, 3.63) is 300 Å². The van der Waals surface area contributed by atoms with E-state index in [0.29, 0.717) is 22.0 Å². The highest BCUT2D eigenvalue weighted by molar-refractivity contribution is 7.33. The number of hydrogen-bond donors (Lipinski definition) is 0. The number of fused-ring (bicyclic) bond motifs is 9. The zero-order valence-electron chi connectivity index (χ0n) is 63.3. The fourth-order valence-electron chi connectivity index (χ4n) is 15.5. The molecule has 14 aromatic rings. The molecule has 0 spiro atoms. The van der Waals surface area contributed by atoms with E-state index in [1.54, 1.807) is 0 Å². The van der Waals surface area contributed by atoms with E-state index in [-0.39, 0.29) is 58.1 Å². The molecule has 0 saturated heterocycles. The van der Waals surface area contributed by atoms with Gasteiger partial charge in [0, 0.05) is 65.3 Å². The van der Waals surface area contributed by atoms with Crippen LogP contribution < -0.4 is 51.1 Å². The van der Waals surface area contributed by atoms with Gasteiger partial charge in [0.05, 0.1) is 22.5 Å². The van der Waals surface area contributed by atoms with E-state index in [0.717, 1.165) is 61.9 Å². The zero-order valence-corrected chi connectivity index (χ0v) is 61.1. The number of hydrogen-bond acceptors (Lipinski definition) is 5. The number of para-hydroxylation sites is 3. The highest BCUT2D eigenvalue weighted by Gasteiger charge is 2.50. The average Bonchev–Trinajstić information content (AvgIpc) is 1.63. The third-order valence-corrected chi connectivity index (χ3v) is 26.9. The maximum Gasteiger partial charge on any atom is 0.264 e. The van der Waals surface area contributed by atoms with Crippen molar-refractivity contribution < 1.29 is 9.90 Å². The Kier molecular flexibility index (Phi) is 14.1. The van der Waals surface area contributed by atoms with E-state index in [4.69, 9.17) is 7.16 Å². The molecular formula is C92H86BN3OSSi. The van der Waals surface area contributed by atoms with Crippen LogP contribution in [0.5, 0.6) is 0 Å². The van der Waals surface area contributed by atoms with E-state index in [1.807, 2.05) is 23.5 Å². The minimum absolute atomic E-state index is 0.0905. The summed E-state index contributed by atoms with van der Waals surface area (Å²) in [5.41, 5.74) is 20.8. The highest BCUT2D eigenvalue weighted by atomic mass is 32.1. The van der Waals surface area contributed by atoms with Crippen molar-refractivity contribution in [3.63, 3.8) is 0 Å². The van der Waals surface area contributed by atoms with Crippen LogP contribution in [0, 0.1) is 13.8 Å². The van der Waals surface area contributed by atoms with Crippen molar-refractivity contribution in [1.82, 2.24) is 0 Å². The molecule has 0 N–H and O–H groups in total. The van der Waals surface area contributed by atoms with Gasteiger partial charge in [-0.15, -0.1) is 11.3 Å². The number of anilines is 9. The fraction of sp³-hybridized carbons (Fsp3) is 0.196. The summed E-state index contributed by atoms with van der Waals surface area (Å²) in [5.74, 6) is 0. The molecule has 0 unspecified atom stereocenters. The number of benzene rings is 12. The monoisotopic (exact) mass is 1320 g/mol. The Morgan fingerprint density at radius 2 is 0.970 bits per heavy atom. The van der Waals surface area contributed by atoms with Crippen LogP contribution in [0.25, 0.3) is 43.2 Å². The van der Waals surface area contributed by atoms with Gasteiger partial charge in [-0.1, -0.05) is 282 Å². The van der Waals surface area contributed by atoms with Gasteiger partial charge in [-0.3, -0.25) is 0 Å². The van der Waals surface area contributed by atoms with Crippen LogP contribution in [-0.2, 0) is 21.7 Å². The Bertz CT molecular complexity index is 5640. The number of rotatable bonds is 10. The second kappa shape index (κ2) is 23.6. The van der Waals surface area contributed by atoms with Gasteiger partial charge in [-0.2, -0.15) is 0 Å². The van der Waals surface area contributed by atoms with Gasteiger partial charge >= 0.3 is 0 Å². The lowest BCUT2D eigenvalue weighted by molar-refractivity contribution is 0.590. The molecule has 488 valence electrons. The highest BCUT2D eigenvalue weighted by Crippen LogP contribution is 2.52. The summed E-state index contributed by atoms with van der Waals surface area (Å²) in [6, 6.07) is 90.9. The first-order chi connectivity index (χ1) is 49.1. The zero-order chi connectivity index (χ0) is 72.1. The van der Waals surface area contributed by atoms with E-state index in [1.165, 1.54) is 74.7 Å². The maximum absolute atomic E-state index is 9.59. The molecule has 16 rings (SSSR count). The van der Waals surface area contributed by atoms with Crippen molar-refractivity contribution >= 4 is 146 Å². The van der Waals surface area contributed by atoms with Gasteiger partial charge in [0.15, 0.2) is 13.7 Å². The molecule has 2 aromatic heterocycles. The molecule has 4 nitrogen and oxygen atoms in total. The maximum atomic E-state index is 9.59. The van der Waals surface area contributed by atoms with Gasteiger partial charge in [0.1, 0.15) is 5.58 Å². The third-order valence-electron chi connectivity index (χ3n) is 20.9. The molecule has 12 aromatic carbocycles. The van der Waals surface area contributed by atoms with Gasteiger partial charge in [0.2, 0.25) is 0 Å². The molecule has 0 atom stereocenters. The van der Waals surface area contributed by atoms with Gasteiger partial charge in [-0.25, -0.2) is 0 Å². The first-order valence-corrected chi connectivity index (χ1v) is 37.7. The topological polar surface area (TPSA) is 22.9 Å². The smallest absolute Gasteiger partial charge is 0.264 e. The second-order valence-electron chi connectivity index (χ2n) is 31.6. The Hall–Kier alpha value is -9.92. The molecule has 0 saturated carbocycles. The van der Waals surface area contributed by atoms with E-state index in [2.05, 4.69) is 342 Å². The minimum Gasteiger partial charge on any atom is -0.454 e. The van der Waals surface area contributed by atoms with Crippen LogP contribution in [0.1, 0.15) is 122 Å². The number of aryl methyl sites for hydroxylation is 2. The van der Waals surface area contributed by atoms with Crippen LogP contribution in [-0.4, -0.2) is 14.8 Å². The molecule has 2 aliphatic rings. The summed E-state index contributed by atoms with van der Waals surface area (Å²) in [6.07, 6.45) is 0. The SMILES string of the molecule is [2H]c1c([2H])c([2H])c2c(oc3c(N4c5cc(N(c6ccc(C(C)(C)C)cc6)c6ccccc6-c6ccccc6)ccc5B5c6sc7ccc(C(C)(C)C)cc7c6N(c6ccc(C(C)(C)C)cc6)c6cc([Si](c7ccc(C)cc7)(c7ccc(C)cc7)c7ccc(C(C)(C)C)cc7)cc4c65)cccc32)c1[2H]. The Morgan fingerprint density at radius 1 is 0.434 bits per heavy atom. The van der Waals surface area contributed by atoms with Crippen molar-refractivity contribution in [2.45, 2.75) is 119 Å². The number of nitrogens with zero attached hydrogens (tertiary/aromatic N) is 3. The lowest BCUT2D eigenvalue weighted by atomic mass is 9.36. The van der Waals surface area contributed by atoms with Crippen molar-refractivity contribution in [2.75, 3.05) is 14.7 Å². The summed E-state index contributed by atoms with van der Waals surface area (Å²) in [6.45, 7) is 31.6. The number of thiophene rings is 1. The average molecular weight is 1320 g/mol. The molecule has 0 aliphatic carbocycles. The predicted molar refractivity (Wildman–Crippen MR) is 431 cm³/mol. The van der Waals surface area contributed by atoms with Crippen molar-refractivity contribution in [3.8, 4) is 11.1 Å². The molecule has 4 heterocycles. The van der Waals surface area contributed by atoms with Crippen molar-refractivity contribution in [2.24, 2.45) is 0 Å². The van der Waals surface area contributed by atoms with Crippen LogP contribution in [0.3, 0.4) is 0 Å². The molecule has 2 aliphatic heterocycles. The van der Waals surface area contributed by atoms with E-state index < -0.39 is 8.07 Å². The lowest BCUT2D eigenvalue weighted by Crippen LogP contribution is -2.75. The third kappa shape index (κ3) is 10.8. The summed E-state index contributed by atoms with van der Waals surface area (Å²) in [4.78, 5) is 7.49. The van der Waals surface area contributed by atoms with Gasteiger partial charge < -0.3 is 19.1 Å². The van der Waals surface area contributed by atoms with Gasteiger partial charge in [0.25, 0.3) is 6.71 Å². The first kappa shape index (κ1) is 59.2. The standard InChI is InChI=1S/C92H86BN3OSSi/c1-59-31-47-69(48-32-59)99(70-49-33-60(2)34-50-70,71-51-39-64(40-52-71)91(9,10)11)72-57-81-85-82(58-72)96(79-29-22-27-75-74-26-19-21-30-83(74)97-87(75)79)80-56-68(94(66-42-35-62(36-43-66)89(3,4)5)78-28-20-18-25-73(78)61-23-16-15-17-24-61)46-53-77(80)93(85)88-86(76-55-65(92(12,13)14)41-54-84(76)98-88)95(81)67-44-37-63(38-45-67)90(6,7)8/h15-58H,1-14H3/i19D,21D,26D,30D. The summed E-state index contributed by atoms with van der Waals surface area (Å²) in [7, 11) is -3.54. The minimum atomic E-state index is -3.54. The molecular weight excluding hydrogens is 1230 g/mol. The second-order valence-corrected chi connectivity index (χ2v) is 36.5. The van der Waals surface area contributed by atoms with E-state index >= 15 is 0 Å². The molecule has 7 heteroatoms. The normalized spacial score (nSPS) is 13.9. The van der Waals surface area contributed by atoms with Crippen LogP contribution in [0.2, 0.25) is 0 Å². The number of furan rings is 1. The lowest BCUT2D eigenvalue weighted by Gasteiger charge is -2.45. The van der Waals surface area contributed by atoms with Crippen LogP contribution in [0.15, 0.2) is 271 Å². The Morgan fingerprint density at radius 3 is 1.59 bits per heavy atom. The summed E-state index contributed by atoms with van der Waals surface area (Å²) in [5, 5.41) is 7.10. The van der Waals surface area contributed by atoms with Crippen LogP contribution in [0.4, 0.5) is 51.2 Å². The largest absolute Gasteiger partial charge is 0.454 e. The fourth-order valence-corrected chi connectivity index (χ4v) is 21.5. The molecule has 0 fully saturated rings. The first-order valence-electron chi connectivity index (χ1n) is 36.9. The Labute approximate surface area is 596 Å². The molecule has 0 amide bonds. The quantitative estimate of drug-likeness (QED) is 0.101. The van der Waals surface area contributed by atoms with E-state index in [9.17, 15) is 2.74 Å². The van der Waals surface area contributed by atoms with Gasteiger partial charge in [-0.05, 0) is 174 Å². The van der Waals surface area contributed by atoms with Crippen LogP contribution >= 0.6 is 11.3 Å². The molecule has 0 bridgehead atoms. The van der Waals surface area contributed by atoms with Crippen molar-refractivity contribution in [1.29, 1.82) is 0 Å². The molecule has 99 heavy (non-hydrogen) atoms.